The van der Waals surface area contributed by atoms with Crippen molar-refractivity contribution in [2.45, 2.75) is 117 Å². The van der Waals surface area contributed by atoms with Gasteiger partial charge in [-0.15, -0.1) is 0 Å². The number of hydrogen-bond donors (Lipinski definition) is 4. The molecule has 0 saturated carbocycles. The van der Waals surface area contributed by atoms with Gasteiger partial charge in [-0.3, -0.25) is 9.59 Å². The molecule has 0 aromatic rings. The number of unbranched alkanes of at least 4 members (excludes halogenated alkanes) is 10. The Morgan fingerprint density at radius 2 is 0.750 bits per heavy atom. The zero-order chi connectivity index (χ0) is 32.5. The van der Waals surface area contributed by atoms with Gasteiger partial charge in [-0.25, -0.2) is 14.4 Å². The zero-order valence-electron chi connectivity index (χ0n) is 27.1. The van der Waals surface area contributed by atoms with Gasteiger partial charge in [0.25, 0.3) is 0 Å². The van der Waals surface area contributed by atoms with Crippen LogP contribution in [-0.2, 0) is 28.5 Å². The van der Waals surface area contributed by atoms with Crippen molar-refractivity contribution in [3.8, 4) is 0 Å². The summed E-state index contributed by atoms with van der Waals surface area (Å²) in [4.78, 5) is 57.7. The summed E-state index contributed by atoms with van der Waals surface area (Å²) < 4.78 is 20.6. The van der Waals surface area contributed by atoms with E-state index in [1.54, 1.807) is 0 Å². The van der Waals surface area contributed by atoms with Crippen molar-refractivity contribution in [1.82, 2.24) is 21.3 Å². The lowest BCUT2D eigenvalue weighted by atomic mass is 10.2. The fraction of sp³-hybridized carbons (Fsp3) is 0.839. The van der Waals surface area contributed by atoms with Gasteiger partial charge in [0.05, 0.1) is 26.4 Å². The van der Waals surface area contributed by atoms with E-state index in [4.69, 9.17) is 18.9 Å². The number of nitrogens with one attached hydrogen (secondary N) is 4. The maximum absolute atomic E-state index is 11.8. The van der Waals surface area contributed by atoms with Crippen LogP contribution in [0.4, 0.5) is 14.4 Å². The van der Waals surface area contributed by atoms with Crippen molar-refractivity contribution in [2.75, 3.05) is 52.6 Å². The smallest absolute Gasteiger partial charge is 0.466 e. The van der Waals surface area contributed by atoms with Crippen LogP contribution in [0.25, 0.3) is 0 Å². The quantitative estimate of drug-likeness (QED) is 0.0521. The topological polar surface area (TPSA) is 170 Å². The summed E-state index contributed by atoms with van der Waals surface area (Å²) in [5.74, 6) is -0.390. The van der Waals surface area contributed by atoms with Crippen molar-refractivity contribution < 1.29 is 42.9 Å². The van der Waals surface area contributed by atoms with Gasteiger partial charge in [0, 0.05) is 39.0 Å². The second-order valence-electron chi connectivity index (χ2n) is 10.4. The molecule has 0 fully saturated rings. The molecular formula is C31H58N4O9. The minimum atomic E-state index is -0.659. The highest BCUT2D eigenvalue weighted by Gasteiger charge is 2.06. The summed E-state index contributed by atoms with van der Waals surface area (Å²) in [5, 5.41) is 10.8. The molecule has 4 N–H and O–H groups in total. The fourth-order valence-corrected chi connectivity index (χ4v) is 3.98. The summed E-state index contributed by atoms with van der Waals surface area (Å²) in [6, 6.07) is -0.333. The highest BCUT2D eigenvalue weighted by atomic mass is 16.7. The molecule has 0 atom stereocenters. The lowest BCUT2D eigenvalue weighted by Crippen LogP contribution is -2.35. The molecule has 0 spiro atoms. The van der Waals surface area contributed by atoms with Gasteiger partial charge in [-0.05, 0) is 90.9 Å². The highest BCUT2D eigenvalue weighted by molar-refractivity contribution is 5.74. The molecule has 256 valence electrons. The molecule has 0 aliphatic heterocycles. The Balaban J connectivity index is 3.37. The van der Waals surface area contributed by atoms with E-state index in [0.29, 0.717) is 65.4 Å². The first kappa shape index (κ1) is 40.8. The average molecular weight is 631 g/mol. The van der Waals surface area contributed by atoms with Gasteiger partial charge in [-0.1, -0.05) is 12.8 Å². The van der Waals surface area contributed by atoms with Crippen LogP contribution in [-0.4, -0.2) is 82.8 Å². The molecule has 44 heavy (non-hydrogen) atoms. The Morgan fingerprint density at radius 3 is 1.11 bits per heavy atom. The van der Waals surface area contributed by atoms with Crippen molar-refractivity contribution in [3.05, 3.63) is 0 Å². The number of amides is 4. The molecule has 0 radical (unpaired) electrons. The van der Waals surface area contributed by atoms with E-state index in [-0.39, 0.29) is 24.0 Å². The highest BCUT2D eigenvalue weighted by Crippen LogP contribution is 2.06. The molecule has 0 saturated heterocycles. The van der Waals surface area contributed by atoms with Crippen LogP contribution in [0.3, 0.4) is 0 Å². The van der Waals surface area contributed by atoms with Crippen LogP contribution in [0.5, 0.6) is 0 Å². The second kappa shape index (κ2) is 31.2. The van der Waals surface area contributed by atoms with Crippen LogP contribution in [0.1, 0.15) is 117 Å². The van der Waals surface area contributed by atoms with Gasteiger partial charge in [0.2, 0.25) is 0 Å². The van der Waals surface area contributed by atoms with Gasteiger partial charge in [0.15, 0.2) is 0 Å². The number of carbonyl (C=O) groups excluding carboxylic acids is 5. The molecule has 4 amide bonds. The number of rotatable bonds is 28. The minimum Gasteiger partial charge on any atom is -0.466 e. The predicted octanol–water partition coefficient (Wildman–Crippen LogP) is 5.11. The van der Waals surface area contributed by atoms with Crippen LogP contribution >= 0.6 is 0 Å². The Labute approximate surface area is 263 Å². The lowest BCUT2D eigenvalue weighted by Gasteiger charge is -2.08. The number of hydrogen-bond acceptors (Lipinski definition) is 9. The van der Waals surface area contributed by atoms with E-state index in [9.17, 15) is 24.0 Å². The molecule has 13 nitrogen and oxygen atoms in total. The van der Waals surface area contributed by atoms with Crippen LogP contribution in [0, 0.1) is 0 Å². The summed E-state index contributed by atoms with van der Waals surface area (Å²) >= 11 is 0. The number of carbonyl (C=O) groups is 5. The molecule has 0 heterocycles. The van der Waals surface area contributed by atoms with Gasteiger partial charge < -0.3 is 40.2 Å². The van der Waals surface area contributed by atoms with Crippen molar-refractivity contribution in [2.24, 2.45) is 0 Å². The van der Waals surface area contributed by atoms with Crippen LogP contribution in [0.2, 0.25) is 0 Å². The van der Waals surface area contributed by atoms with E-state index in [1.165, 1.54) is 0 Å². The molecule has 13 heteroatoms. The summed E-state index contributed by atoms with van der Waals surface area (Å²) in [6.45, 7) is 7.48. The Kier molecular flexibility index (Phi) is 28.9. The number of ether oxygens (including phenoxy) is 4. The van der Waals surface area contributed by atoms with Crippen molar-refractivity contribution in [1.29, 1.82) is 0 Å². The van der Waals surface area contributed by atoms with Gasteiger partial charge in [-0.2, -0.15) is 0 Å². The number of esters is 2. The standard InChI is InChI=1S/C31H58N4O9/c1-3-32-29(38)34-21-13-9-11-19-27(36)41-23-15-5-7-17-25-43-31(40)44-26-18-8-6-16-24-42-28(37)20-12-10-14-22-35-30(39)33-4-2/h3-26H2,1-2H3,(H2,32,34,38)(H2,33,35,39). The average Bonchev–Trinajstić information content (AvgIpc) is 2.99. The van der Waals surface area contributed by atoms with Crippen molar-refractivity contribution >= 4 is 30.2 Å². The molecular weight excluding hydrogens is 572 g/mol. The maximum Gasteiger partial charge on any atom is 0.508 e. The SMILES string of the molecule is CCNC(=O)NCCCCCC(=O)OCCCCCCOC(=O)OCCCCCCOC(=O)CCCCCNC(=O)NCC. The third-order valence-corrected chi connectivity index (χ3v) is 6.40. The lowest BCUT2D eigenvalue weighted by molar-refractivity contribution is -0.144. The van der Waals surface area contributed by atoms with E-state index < -0.39 is 6.16 Å². The molecule has 0 aromatic heterocycles. The van der Waals surface area contributed by atoms with Crippen LogP contribution in [0.15, 0.2) is 0 Å². The van der Waals surface area contributed by atoms with E-state index in [2.05, 4.69) is 21.3 Å². The predicted molar refractivity (Wildman–Crippen MR) is 167 cm³/mol. The first-order valence-corrected chi connectivity index (χ1v) is 16.5. The third-order valence-electron chi connectivity index (χ3n) is 6.40. The monoisotopic (exact) mass is 630 g/mol. The molecule has 0 rings (SSSR count). The fourth-order valence-electron chi connectivity index (χ4n) is 3.98. The first-order valence-electron chi connectivity index (χ1n) is 16.5. The maximum atomic E-state index is 11.8. The second-order valence-corrected chi connectivity index (χ2v) is 10.4. The largest absolute Gasteiger partial charge is 0.508 e. The molecule has 0 aliphatic rings. The Bertz CT molecular complexity index is 708. The molecule has 0 bridgehead atoms. The van der Waals surface area contributed by atoms with Crippen LogP contribution < -0.4 is 21.3 Å². The molecule has 0 aliphatic carbocycles. The molecule has 0 aromatic carbocycles. The summed E-state index contributed by atoms with van der Waals surface area (Å²) in [5.41, 5.74) is 0. The summed E-state index contributed by atoms with van der Waals surface area (Å²) in [7, 11) is 0. The Hall–Kier alpha value is -3.25. The van der Waals surface area contributed by atoms with E-state index >= 15 is 0 Å². The molecule has 0 unspecified atom stereocenters. The normalized spacial score (nSPS) is 10.4. The van der Waals surface area contributed by atoms with E-state index in [0.717, 1.165) is 89.9 Å². The number of urea groups is 2. The van der Waals surface area contributed by atoms with Gasteiger partial charge >= 0.3 is 30.2 Å². The summed E-state index contributed by atoms with van der Waals surface area (Å²) in [6.07, 6.45) is 11.4. The third kappa shape index (κ3) is 30.2. The van der Waals surface area contributed by atoms with Gasteiger partial charge in [0.1, 0.15) is 0 Å². The Morgan fingerprint density at radius 1 is 0.409 bits per heavy atom. The first-order chi connectivity index (χ1) is 21.4. The zero-order valence-corrected chi connectivity index (χ0v) is 27.1. The van der Waals surface area contributed by atoms with E-state index in [1.807, 2.05) is 13.8 Å². The minimum absolute atomic E-state index is 0.166. The van der Waals surface area contributed by atoms with Crippen molar-refractivity contribution in [3.63, 3.8) is 0 Å².